The molecule has 19 heavy (non-hydrogen) atoms. The van der Waals surface area contributed by atoms with E-state index >= 15 is 0 Å². The minimum absolute atomic E-state index is 0.0251. The molecule has 2 aromatic rings. The number of nitrogen functional groups attached to an aromatic ring is 1. The van der Waals surface area contributed by atoms with Crippen LogP contribution in [-0.4, -0.2) is 17.6 Å². The normalized spacial score (nSPS) is 10.5. The second-order valence-electron chi connectivity index (χ2n) is 3.58. The third-order valence-corrected chi connectivity index (χ3v) is 3.50. The molecule has 2 N–H and O–H groups in total. The second kappa shape index (κ2) is 5.63. The van der Waals surface area contributed by atoms with Crippen LogP contribution in [0.15, 0.2) is 27.1 Å². The van der Waals surface area contributed by atoms with Gasteiger partial charge in [0.05, 0.1) is 11.6 Å². The number of hydrogen-bond donors (Lipinski definition) is 1. The van der Waals surface area contributed by atoms with Gasteiger partial charge in [-0.25, -0.2) is 4.79 Å². The van der Waals surface area contributed by atoms with E-state index in [1.807, 2.05) is 0 Å². The Morgan fingerprint density at radius 3 is 2.95 bits per heavy atom. The van der Waals surface area contributed by atoms with Crippen LogP contribution in [0.3, 0.4) is 0 Å². The van der Waals surface area contributed by atoms with Gasteiger partial charge in [0.1, 0.15) is 0 Å². The van der Waals surface area contributed by atoms with Gasteiger partial charge in [0.2, 0.25) is 17.5 Å². The van der Waals surface area contributed by atoms with Crippen molar-refractivity contribution < 1.29 is 13.9 Å². The van der Waals surface area contributed by atoms with Gasteiger partial charge in [-0.3, -0.25) is 0 Å². The molecular formula is C12H10BrClN2O3. The SMILES string of the molecule is CCOC(=O)c1nc(-c2ccc(Cl)c(Br)c2)oc1N. The van der Waals surface area contributed by atoms with Gasteiger partial charge >= 0.3 is 5.97 Å². The highest BCUT2D eigenvalue weighted by Crippen LogP contribution is 2.30. The summed E-state index contributed by atoms with van der Waals surface area (Å²) in [4.78, 5) is 15.6. The fraction of sp³-hybridized carbons (Fsp3) is 0.167. The maximum Gasteiger partial charge on any atom is 0.362 e. The number of carbonyl (C=O) groups excluding carboxylic acids is 1. The first-order chi connectivity index (χ1) is 9.02. The van der Waals surface area contributed by atoms with Gasteiger partial charge in [0, 0.05) is 10.0 Å². The summed E-state index contributed by atoms with van der Waals surface area (Å²) in [6, 6.07) is 5.13. The number of halogens is 2. The quantitative estimate of drug-likeness (QED) is 0.861. The lowest BCUT2D eigenvalue weighted by molar-refractivity contribution is 0.0521. The van der Waals surface area contributed by atoms with Crippen LogP contribution in [0.5, 0.6) is 0 Å². The first-order valence-electron chi connectivity index (χ1n) is 5.41. The third-order valence-electron chi connectivity index (χ3n) is 2.29. The molecule has 0 saturated heterocycles. The minimum atomic E-state index is -0.608. The van der Waals surface area contributed by atoms with Gasteiger partial charge in [-0.1, -0.05) is 11.6 Å². The zero-order valence-electron chi connectivity index (χ0n) is 9.94. The van der Waals surface area contributed by atoms with Gasteiger partial charge in [0.15, 0.2) is 0 Å². The van der Waals surface area contributed by atoms with Crippen molar-refractivity contribution in [1.29, 1.82) is 0 Å². The predicted molar refractivity (Wildman–Crippen MR) is 75.0 cm³/mol. The van der Waals surface area contributed by atoms with E-state index in [0.717, 1.165) is 0 Å². The lowest BCUT2D eigenvalue weighted by atomic mass is 10.2. The molecule has 0 aliphatic rings. The Balaban J connectivity index is 2.38. The Kier molecular flexibility index (Phi) is 4.11. The lowest BCUT2D eigenvalue weighted by Crippen LogP contribution is -2.07. The molecule has 2 rings (SSSR count). The molecule has 1 aromatic carbocycles. The first kappa shape index (κ1) is 13.9. The molecule has 1 aromatic heterocycles. The highest BCUT2D eigenvalue weighted by atomic mass is 79.9. The van der Waals surface area contributed by atoms with Gasteiger partial charge in [0.25, 0.3) is 0 Å². The van der Waals surface area contributed by atoms with E-state index < -0.39 is 5.97 Å². The van der Waals surface area contributed by atoms with Crippen LogP contribution in [-0.2, 0) is 4.74 Å². The molecule has 0 bridgehead atoms. The Hall–Kier alpha value is -1.53. The maximum atomic E-state index is 11.6. The molecule has 0 atom stereocenters. The minimum Gasteiger partial charge on any atom is -0.461 e. The molecule has 0 aliphatic carbocycles. The summed E-state index contributed by atoms with van der Waals surface area (Å²) in [7, 11) is 0. The van der Waals surface area contributed by atoms with Crippen LogP contribution < -0.4 is 5.73 Å². The molecule has 1 heterocycles. The third kappa shape index (κ3) is 2.90. The van der Waals surface area contributed by atoms with Crippen LogP contribution in [0.2, 0.25) is 5.02 Å². The molecule has 0 fully saturated rings. The molecule has 0 spiro atoms. The lowest BCUT2D eigenvalue weighted by Gasteiger charge is -1.98. The van der Waals surface area contributed by atoms with E-state index in [1.54, 1.807) is 25.1 Å². The summed E-state index contributed by atoms with van der Waals surface area (Å²) in [6.45, 7) is 1.94. The summed E-state index contributed by atoms with van der Waals surface area (Å²) >= 11 is 9.20. The summed E-state index contributed by atoms with van der Waals surface area (Å²) < 4.78 is 10.8. The number of nitrogens with two attached hydrogens (primary N) is 1. The summed E-state index contributed by atoms with van der Waals surface area (Å²) in [5.74, 6) is -0.444. The summed E-state index contributed by atoms with van der Waals surface area (Å²) in [5, 5.41) is 0.564. The standard InChI is InChI=1S/C12H10BrClN2O3/c1-2-18-12(17)9-10(15)19-11(16-9)6-3-4-8(14)7(13)5-6/h3-5H,2,15H2,1H3. The monoisotopic (exact) mass is 344 g/mol. The van der Waals surface area contributed by atoms with E-state index in [0.29, 0.717) is 15.1 Å². The fourth-order valence-corrected chi connectivity index (χ4v) is 1.93. The van der Waals surface area contributed by atoms with Crippen molar-refractivity contribution >= 4 is 39.4 Å². The predicted octanol–water partition coefficient (Wildman–Crippen LogP) is 3.52. The van der Waals surface area contributed by atoms with Gasteiger partial charge in [-0.2, -0.15) is 4.98 Å². The average Bonchev–Trinajstić information content (AvgIpc) is 2.75. The Labute approximate surface area is 122 Å². The summed E-state index contributed by atoms with van der Waals surface area (Å²) in [6.07, 6.45) is 0. The Morgan fingerprint density at radius 1 is 1.58 bits per heavy atom. The molecular weight excluding hydrogens is 336 g/mol. The van der Waals surface area contributed by atoms with Crippen molar-refractivity contribution in [2.24, 2.45) is 0 Å². The molecule has 5 nitrogen and oxygen atoms in total. The van der Waals surface area contributed by atoms with Gasteiger partial charge < -0.3 is 14.9 Å². The van der Waals surface area contributed by atoms with Crippen molar-refractivity contribution in [1.82, 2.24) is 4.98 Å². The number of rotatable bonds is 3. The largest absolute Gasteiger partial charge is 0.461 e. The number of nitrogens with zero attached hydrogens (tertiary/aromatic N) is 1. The Morgan fingerprint density at radius 2 is 2.32 bits per heavy atom. The number of carbonyl (C=O) groups is 1. The average molecular weight is 346 g/mol. The van der Waals surface area contributed by atoms with Crippen molar-refractivity contribution in [3.8, 4) is 11.5 Å². The van der Waals surface area contributed by atoms with E-state index in [9.17, 15) is 4.79 Å². The number of ether oxygens (including phenoxy) is 1. The van der Waals surface area contributed by atoms with Crippen LogP contribution in [0.4, 0.5) is 5.88 Å². The zero-order valence-corrected chi connectivity index (χ0v) is 12.3. The number of esters is 1. The molecule has 0 radical (unpaired) electrons. The van der Waals surface area contributed by atoms with E-state index in [-0.39, 0.29) is 24.1 Å². The topological polar surface area (TPSA) is 78.3 Å². The first-order valence-corrected chi connectivity index (χ1v) is 6.59. The molecule has 7 heteroatoms. The van der Waals surface area contributed by atoms with Gasteiger partial charge in [-0.15, -0.1) is 0 Å². The van der Waals surface area contributed by atoms with Crippen molar-refractivity contribution in [2.75, 3.05) is 12.3 Å². The van der Waals surface area contributed by atoms with E-state index in [2.05, 4.69) is 20.9 Å². The van der Waals surface area contributed by atoms with Crippen LogP contribution in [0.1, 0.15) is 17.4 Å². The fourth-order valence-electron chi connectivity index (χ4n) is 1.43. The molecule has 100 valence electrons. The molecule has 0 unspecified atom stereocenters. The number of oxazole rings is 1. The highest BCUT2D eigenvalue weighted by Gasteiger charge is 2.20. The number of aromatic nitrogens is 1. The summed E-state index contributed by atoms with van der Waals surface area (Å²) in [5.41, 5.74) is 6.24. The molecule has 0 amide bonds. The molecule has 0 saturated carbocycles. The highest BCUT2D eigenvalue weighted by molar-refractivity contribution is 9.10. The van der Waals surface area contributed by atoms with E-state index in [4.69, 9.17) is 26.5 Å². The van der Waals surface area contributed by atoms with Crippen molar-refractivity contribution in [3.05, 3.63) is 33.4 Å². The van der Waals surface area contributed by atoms with Gasteiger partial charge in [-0.05, 0) is 41.1 Å². The molecule has 0 aliphatic heterocycles. The van der Waals surface area contributed by atoms with Crippen LogP contribution >= 0.6 is 27.5 Å². The maximum absolute atomic E-state index is 11.6. The smallest absolute Gasteiger partial charge is 0.362 e. The van der Waals surface area contributed by atoms with Crippen LogP contribution in [0, 0.1) is 0 Å². The van der Waals surface area contributed by atoms with E-state index in [1.165, 1.54) is 0 Å². The van der Waals surface area contributed by atoms with Crippen molar-refractivity contribution in [2.45, 2.75) is 6.92 Å². The van der Waals surface area contributed by atoms with Crippen molar-refractivity contribution in [3.63, 3.8) is 0 Å². The zero-order chi connectivity index (χ0) is 14.0. The Bertz CT molecular complexity index is 627. The van der Waals surface area contributed by atoms with Crippen LogP contribution in [0.25, 0.3) is 11.5 Å². The number of benzene rings is 1. The second-order valence-corrected chi connectivity index (χ2v) is 4.84. The number of hydrogen-bond acceptors (Lipinski definition) is 5. The number of anilines is 1.